The standard InChI is InChI=1S/C19H22IN3O/c1-10(2)16-12-7-8-13(16)17-11(12)5-4-6-15(17)21-19(24)14-9-23(3)22-18(14)20/h4-6,9-10,12-13,16H,7-8H2,1-3H3,(H,21,24)/t12?,13-,16?/m0/s1. The number of aryl methyl sites for hydroxylation is 1. The minimum absolute atomic E-state index is 0.0650. The van der Waals surface area contributed by atoms with E-state index >= 15 is 0 Å². The molecule has 2 aliphatic rings. The van der Waals surface area contributed by atoms with Crippen molar-refractivity contribution >= 4 is 34.2 Å². The average Bonchev–Trinajstić information content (AvgIpc) is 3.19. The van der Waals surface area contributed by atoms with Crippen molar-refractivity contribution in [3.8, 4) is 0 Å². The summed E-state index contributed by atoms with van der Waals surface area (Å²) in [5.41, 5.74) is 4.48. The first-order valence-corrected chi connectivity index (χ1v) is 9.68. The molecule has 4 nitrogen and oxygen atoms in total. The lowest BCUT2D eigenvalue weighted by molar-refractivity contribution is 0.102. The van der Waals surface area contributed by atoms with E-state index in [0.29, 0.717) is 23.3 Å². The molecule has 4 rings (SSSR count). The Hall–Kier alpha value is -1.37. The van der Waals surface area contributed by atoms with Crippen LogP contribution in [0.4, 0.5) is 5.69 Å². The molecule has 2 unspecified atom stereocenters. The van der Waals surface area contributed by atoms with Gasteiger partial charge in [0.25, 0.3) is 5.91 Å². The summed E-state index contributed by atoms with van der Waals surface area (Å²) in [6.45, 7) is 4.66. The molecule has 1 amide bonds. The molecule has 0 radical (unpaired) electrons. The van der Waals surface area contributed by atoms with Gasteiger partial charge < -0.3 is 5.32 Å². The van der Waals surface area contributed by atoms with Crippen LogP contribution >= 0.6 is 22.6 Å². The number of benzene rings is 1. The molecule has 126 valence electrons. The van der Waals surface area contributed by atoms with Crippen LogP contribution in [-0.4, -0.2) is 15.7 Å². The van der Waals surface area contributed by atoms with Crippen LogP contribution in [-0.2, 0) is 7.05 Å². The van der Waals surface area contributed by atoms with Gasteiger partial charge in [-0.05, 0) is 76.3 Å². The predicted octanol–water partition coefficient (Wildman–Crippen LogP) is 4.52. The number of carbonyl (C=O) groups is 1. The number of hydrogen-bond acceptors (Lipinski definition) is 2. The first-order chi connectivity index (χ1) is 11.5. The van der Waals surface area contributed by atoms with Crippen LogP contribution in [0.2, 0.25) is 0 Å². The maximum Gasteiger partial charge on any atom is 0.259 e. The molecule has 2 aromatic rings. The van der Waals surface area contributed by atoms with Crippen molar-refractivity contribution in [2.75, 3.05) is 5.32 Å². The van der Waals surface area contributed by atoms with Crippen molar-refractivity contribution < 1.29 is 4.79 Å². The van der Waals surface area contributed by atoms with Crippen LogP contribution in [0.3, 0.4) is 0 Å². The predicted molar refractivity (Wildman–Crippen MR) is 103 cm³/mol. The Kier molecular flexibility index (Phi) is 3.94. The van der Waals surface area contributed by atoms with Crippen LogP contribution in [0.1, 0.15) is 60.0 Å². The molecule has 1 N–H and O–H groups in total. The first kappa shape index (κ1) is 16.1. The zero-order chi connectivity index (χ0) is 17.0. The number of fused-ring (bicyclic) bond motifs is 5. The molecule has 1 aromatic heterocycles. The molecule has 0 saturated heterocycles. The van der Waals surface area contributed by atoms with Crippen LogP contribution in [0, 0.1) is 15.5 Å². The second-order valence-electron chi connectivity index (χ2n) is 7.38. The van der Waals surface area contributed by atoms with E-state index in [9.17, 15) is 4.79 Å². The summed E-state index contributed by atoms with van der Waals surface area (Å²) in [5, 5.41) is 7.42. The molecule has 1 heterocycles. The molecule has 0 spiro atoms. The molecule has 3 atom stereocenters. The van der Waals surface area contributed by atoms with Crippen molar-refractivity contribution in [2.45, 2.75) is 38.5 Å². The molecular weight excluding hydrogens is 413 g/mol. The topological polar surface area (TPSA) is 46.9 Å². The molecule has 0 aliphatic heterocycles. The second kappa shape index (κ2) is 5.86. The van der Waals surface area contributed by atoms with E-state index in [4.69, 9.17) is 0 Å². The SMILES string of the molecule is CC(C)C1C2CC[C@@H]1c1c(NC(=O)c3cn(C)nc3I)cccc12. The van der Waals surface area contributed by atoms with Crippen LogP contribution in [0.5, 0.6) is 0 Å². The van der Waals surface area contributed by atoms with E-state index in [1.54, 1.807) is 10.9 Å². The molecule has 5 heteroatoms. The Balaban J connectivity index is 1.68. The lowest BCUT2D eigenvalue weighted by Gasteiger charge is -2.21. The van der Waals surface area contributed by atoms with E-state index in [0.717, 1.165) is 15.3 Å². The Morgan fingerprint density at radius 2 is 2.08 bits per heavy atom. The van der Waals surface area contributed by atoms with E-state index in [1.807, 2.05) is 7.05 Å². The Morgan fingerprint density at radius 1 is 1.33 bits per heavy atom. The van der Waals surface area contributed by atoms with Gasteiger partial charge in [-0.2, -0.15) is 5.10 Å². The molecular formula is C19H22IN3O. The Morgan fingerprint density at radius 3 is 2.75 bits per heavy atom. The van der Waals surface area contributed by atoms with Crippen LogP contribution in [0.25, 0.3) is 0 Å². The van der Waals surface area contributed by atoms with Gasteiger partial charge in [-0.25, -0.2) is 0 Å². The fourth-order valence-corrected chi connectivity index (χ4v) is 5.61. The van der Waals surface area contributed by atoms with E-state index in [-0.39, 0.29) is 5.91 Å². The molecule has 1 saturated carbocycles. The lowest BCUT2D eigenvalue weighted by atomic mass is 9.85. The maximum atomic E-state index is 12.7. The smallest absolute Gasteiger partial charge is 0.259 e. The number of halogens is 1. The summed E-state index contributed by atoms with van der Waals surface area (Å²) in [6.07, 6.45) is 4.32. The maximum absolute atomic E-state index is 12.7. The molecule has 2 aliphatic carbocycles. The summed E-state index contributed by atoms with van der Waals surface area (Å²) >= 11 is 2.11. The van der Waals surface area contributed by atoms with Crippen molar-refractivity contribution in [1.82, 2.24) is 9.78 Å². The largest absolute Gasteiger partial charge is 0.322 e. The molecule has 2 bridgehead atoms. The third-order valence-corrected chi connectivity index (χ3v) is 6.47. The van der Waals surface area contributed by atoms with E-state index in [1.165, 1.54) is 24.0 Å². The summed E-state index contributed by atoms with van der Waals surface area (Å²) in [4.78, 5) is 12.7. The number of nitrogens with zero attached hydrogens (tertiary/aromatic N) is 2. The number of hydrogen-bond donors (Lipinski definition) is 1. The average molecular weight is 435 g/mol. The molecule has 1 aromatic carbocycles. The highest BCUT2D eigenvalue weighted by molar-refractivity contribution is 14.1. The van der Waals surface area contributed by atoms with Gasteiger partial charge in [0.2, 0.25) is 0 Å². The van der Waals surface area contributed by atoms with Gasteiger partial charge in [0.15, 0.2) is 0 Å². The normalized spacial score (nSPS) is 24.5. The Bertz CT molecular complexity index is 811. The zero-order valence-corrected chi connectivity index (χ0v) is 16.4. The monoisotopic (exact) mass is 435 g/mol. The number of anilines is 1. The van der Waals surface area contributed by atoms with Gasteiger partial charge in [0.05, 0.1) is 5.56 Å². The number of amides is 1. The summed E-state index contributed by atoms with van der Waals surface area (Å²) in [7, 11) is 1.84. The zero-order valence-electron chi connectivity index (χ0n) is 14.2. The van der Waals surface area contributed by atoms with E-state index < -0.39 is 0 Å². The summed E-state index contributed by atoms with van der Waals surface area (Å²) < 4.78 is 2.42. The van der Waals surface area contributed by atoms with Crippen molar-refractivity contribution in [1.29, 1.82) is 0 Å². The lowest BCUT2D eigenvalue weighted by Crippen LogP contribution is -2.15. The van der Waals surface area contributed by atoms with Gasteiger partial charge in [-0.3, -0.25) is 9.48 Å². The fourth-order valence-electron chi connectivity index (χ4n) is 4.89. The van der Waals surface area contributed by atoms with Crippen molar-refractivity contribution in [3.63, 3.8) is 0 Å². The number of rotatable bonds is 3. The highest BCUT2D eigenvalue weighted by Gasteiger charge is 2.47. The van der Waals surface area contributed by atoms with Gasteiger partial charge in [0.1, 0.15) is 3.70 Å². The first-order valence-electron chi connectivity index (χ1n) is 8.60. The summed E-state index contributed by atoms with van der Waals surface area (Å²) in [5.74, 6) is 2.59. The van der Waals surface area contributed by atoms with Crippen LogP contribution in [0.15, 0.2) is 24.4 Å². The number of nitrogens with one attached hydrogen (secondary N) is 1. The van der Waals surface area contributed by atoms with Gasteiger partial charge in [0, 0.05) is 18.9 Å². The van der Waals surface area contributed by atoms with Crippen molar-refractivity contribution in [3.05, 3.63) is 44.8 Å². The van der Waals surface area contributed by atoms with Gasteiger partial charge >= 0.3 is 0 Å². The van der Waals surface area contributed by atoms with E-state index in [2.05, 4.69) is 65.1 Å². The van der Waals surface area contributed by atoms with Gasteiger partial charge in [-0.15, -0.1) is 0 Å². The quantitative estimate of drug-likeness (QED) is 0.721. The second-order valence-corrected chi connectivity index (χ2v) is 8.40. The highest BCUT2D eigenvalue weighted by atomic mass is 127. The minimum Gasteiger partial charge on any atom is -0.322 e. The molecule has 24 heavy (non-hydrogen) atoms. The molecule has 1 fully saturated rings. The Labute approximate surface area is 156 Å². The fraction of sp³-hybridized carbons (Fsp3) is 0.474. The highest BCUT2D eigenvalue weighted by Crippen LogP contribution is 2.61. The van der Waals surface area contributed by atoms with Crippen molar-refractivity contribution in [2.24, 2.45) is 18.9 Å². The third-order valence-electron chi connectivity index (χ3n) is 5.67. The third kappa shape index (κ3) is 2.39. The van der Waals surface area contributed by atoms with Crippen LogP contribution < -0.4 is 5.32 Å². The minimum atomic E-state index is -0.0650. The number of aromatic nitrogens is 2. The number of carbonyl (C=O) groups excluding carboxylic acids is 1. The summed E-state index contributed by atoms with van der Waals surface area (Å²) in [6, 6.07) is 6.40. The van der Waals surface area contributed by atoms with Gasteiger partial charge in [-0.1, -0.05) is 26.0 Å².